The minimum atomic E-state index is -0.499. The second-order valence-electron chi connectivity index (χ2n) is 4.15. The smallest absolute Gasteiger partial charge is 0.0756 e. The lowest BCUT2D eigenvalue weighted by atomic mass is 10.0. The Labute approximate surface area is 102 Å². The summed E-state index contributed by atoms with van der Waals surface area (Å²) in [5, 5.41) is 11.8. The molecule has 0 aliphatic rings. The number of rotatable bonds is 3. The highest BCUT2D eigenvalue weighted by atomic mass is 16.3. The van der Waals surface area contributed by atoms with E-state index in [1.54, 1.807) is 6.92 Å². The van der Waals surface area contributed by atoms with Gasteiger partial charge in [0.15, 0.2) is 0 Å². The molecule has 1 atom stereocenters. The van der Waals surface area contributed by atoms with Gasteiger partial charge in [0, 0.05) is 0 Å². The zero-order valence-electron chi connectivity index (χ0n) is 9.93. The first-order valence-corrected chi connectivity index (χ1v) is 5.71. The molecule has 0 bridgehead atoms. The van der Waals surface area contributed by atoms with E-state index in [2.05, 4.69) is 30.8 Å². The highest BCUT2D eigenvalue weighted by Gasteiger charge is 1.99. The van der Waals surface area contributed by atoms with Crippen LogP contribution in [0.4, 0.5) is 0 Å². The van der Waals surface area contributed by atoms with Gasteiger partial charge in [-0.15, -0.1) is 0 Å². The fraction of sp³-hybridized carbons (Fsp3) is 0.125. The van der Waals surface area contributed by atoms with Crippen LogP contribution in [-0.2, 0) is 0 Å². The number of aliphatic hydroxyl groups is 1. The van der Waals surface area contributed by atoms with Gasteiger partial charge in [0.2, 0.25) is 0 Å². The zero-order chi connectivity index (χ0) is 12.3. The van der Waals surface area contributed by atoms with Crippen LogP contribution in [-0.4, -0.2) is 11.2 Å². The minimum absolute atomic E-state index is 0.499. The lowest BCUT2D eigenvalue weighted by molar-refractivity contribution is 0.236. The molecule has 0 aromatic heterocycles. The largest absolute Gasteiger partial charge is 0.389 e. The molecule has 0 aliphatic heterocycles. The van der Waals surface area contributed by atoms with E-state index in [4.69, 9.17) is 0 Å². The van der Waals surface area contributed by atoms with Crippen LogP contribution >= 0.6 is 0 Å². The predicted molar refractivity (Wildman–Crippen MR) is 73.8 cm³/mol. The van der Waals surface area contributed by atoms with E-state index >= 15 is 0 Å². The molecular formula is C16H16O. The summed E-state index contributed by atoms with van der Waals surface area (Å²) in [5.41, 5.74) is 1.86. The molecule has 1 N–H and O–H groups in total. The number of hydrogen-bond acceptors (Lipinski definition) is 1. The fourth-order valence-corrected chi connectivity index (χ4v) is 1.73. The van der Waals surface area contributed by atoms with E-state index in [0.717, 1.165) is 11.1 Å². The van der Waals surface area contributed by atoms with E-state index in [1.165, 1.54) is 10.8 Å². The Morgan fingerprint density at radius 1 is 1.18 bits per heavy atom. The number of aliphatic hydroxyl groups excluding tert-OH is 1. The lowest BCUT2D eigenvalue weighted by Crippen LogP contribution is -1.99. The molecule has 2 aromatic rings. The standard InChI is InChI=1S/C16H16O/c1-12(13(2)17)10-11-15-8-5-7-14-6-3-4-9-16(14)15/h3-11,13,17H,1H2,2H3. The highest BCUT2D eigenvalue weighted by Crippen LogP contribution is 2.20. The molecule has 2 rings (SSSR count). The van der Waals surface area contributed by atoms with Crippen LogP contribution in [0.15, 0.2) is 60.7 Å². The van der Waals surface area contributed by atoms with Gasteiger partial charge in [0.1, 0.15) is 0 Å². The van der Waals surface area contributed by atoms with Crippen molar-refractivity contribution in [1.82, 2.24) is 0 Å². The molecule has 0 aliphatic carbocycles. The average Bonchev–Trinajstić information content (AvgIpc) is 2.35. The molecule has 1 heteroatoms. The molecule has 1 unspecified atom stereocenters. The third-order valence-electron chi connectivity index (χ3n) is 2.84. The van der Waals surface area contributed by atoms with E-state index in [-0.39, 0.29) is 0 Å². The quantitative estimate of drug-likeness (QED) is 0.786. The van der Waals surface area contributed by atoms with Gasteiger partial charge in [-0.25, -0.2) is 0 Å². The summed E-state index contributed by atoms with van der Waals surface area (Å²) < 4.78 is 0. The van der Waals surface area contributed by atoms with Crippen LogP contribution in [0.25, 0.3) is 16.8 Å². The minimum Gasteiger partial charge on any atom is -0.389 e. The van der Waals surface area contributed by atoms with Gasteiger partial charge in [0.25, 0.3) is 0 Å². The molecule has 2 aromatic carbocycles. The Hall–Kier alpha value is -1.86. The first-order chi connectivity index (χ1) is 8.18. The van der Waals surface area contributed by atoms with Crippen LogP contribution in [0.1, 0.15) is 12.5 Å². The first kappa shape index (κ1) is 11.6. The maximum absolute atomic E-state index is 9.36. The molecule has 0 spiro atoms. The summed E-state index contributed by atoms with van der Waals surface area (Å²) in [6.07, 6.45) is 3.37. The van der Waals surface area contributed by atoms with Crippen LogP contribution in [0.3, 0.4) is 0 Å². The Balaban J connectivity index is 2.39. The summed E-state index contributed by atoms with van der Waals surface area (Å²) >= 11 is 0. The van der Waals surface area contributed by atoms with Crippen molar-refractivity contribution >= 4 is 16.8 Å². The van der Waals surface area contributed by atoms with Gasteiger partial charge >= 0.3 is 0 Å². The maximum Gasteiger partial charge on any atom is 0.0756 e. The molecule has 86 valence electrons. The molecule has 1 nitrogen and oxygen atoms in total. The van der Waals surface area contributed by atoms with Crippen molar-refractivity contribution in [2.24, 2.45) is 0 Å². The fourth-order valence-electron chi connectivity index (χ4n) is 1.73. The van der Waals surface area contributed by atoms with Gasteiger partial charge in [-0.1, -0.05) is 61.2 Å². The number of benzene rings is 2. The highest BCUT2D eigenvalue weighted by molar-refractivity contribution is 5.90. The molecule has 0 fully saturated rings. The van der Waals surface area contributed by atoms with Crippen molar-refractivity contribution < 1.29 is 5.11 Å². The molecule has 0 radical (unpaired) electrons. The third kappa shape index (κ3) is 2.63. The van der Waals surface area contributed by atoms with Crippen molar-refractivity contribution in [3.05, 3.63) is 66.3 Å². The first-order valence-electron chi connectivity index (χ1n) is 5.71. The Kier molecular flexibility index (Phi) is 3.40. The maximum atomic E-state index is 9.36. The van der Waals surface area contributed by atoms with Gasteiger partial charge in [-0.3, -0.25) is 0 Å². The average molecular weight is 224 g/mol. The second-order valence-corrected chi connectivity index (χ2v) is 4.15. The SMILES string of the molecule is C=C(C=Cc1cccc2ccccc12)C(C)O. The van der Waals surface area contributed by atoms with Gasteiger partial charge in [-0.2, -0.15) is 0 Å². The van der Waals surface area contributed by atoms with Gasteiger partial charge < -0.3 is 5.11 Å². The Bertz CT molecular complexity index is 559. The number of fused-ring (bicyclic) bond motifs is 1. The van der Waals surface area contributed by atoms with E-state index in [0.29, 0.717) is 0 Å². The summed E-state index contributed by atoms with van der Waals surface area (Å²) in [4.78, 5) is 0. The van der Waals surface area contributed by atoms with Crippen LogP contribution in [0.2, 0.25) is 0 Å². The Morgan fingerprint density at radius 2 is 1.88 bits per heavy atom. The Morgan fingerprint density at radius 3 is 2.65 bits per heavy atom. The molecule has 0 amide bonds. The van der Waals surface area contributed by atoms with E-state index in [1.807, 2.05) is 30.4 Å². The molecule has 0 saturated carbocycles. The van der Waals surface area contributed by atoms with Crippen LogP contribution in [0, 0.1) is 0 Å². The summed E-state index contributed by atoms with van der Waals surface area (Å²) in [7, 11) is 0. The third-order valence-corrected chi connectivity index (χ3v) is 2.84. The van der Waals surface area contributed by atoms with Crippen molar-refractivity contribution in [3.8, 4) is 0 Å². The van der Waals surface area contributed by atoms with Crippen molar-refractivity contribution in [1.29, 1.82) is 0 Å². The summed E-state index contributed by atoms with van der Waals surface area (Å²) in [6.45, 7) is 5.53. The molecule has 0 heterocycles. The summed E-state index contributed by atoms with van der Waals surface area (Å²) in [6, 6.07) is 14.4. The van der Waals surface area contributed by atoms with Crippen molar-refractivity contribution in [3.63, 3.8) is 0 Å². The summed E-state index contributed by atoms with van der Waals surface area (Å²) in [5.74, 6) is 0. The zero-order valence-corrected chi connectivity index (χ0v) is 9.93. The van der Waals surface area contributed by atoms with Crippen LogP contribution < -0.4 is 0 Å². The monoisotopic (exact) mass is 224 g/mol. The second kappa shape index (κ2) is 4.98. The van der Waals surface area contributed by atoms with Gasteiger partial charge in [0.05, 0.1) is 6.10 Å². The van der Waals surface area contributed by atoms with Crippen molar-refractivity contribution in [2.75, 3.05) is 0 Å². The van der Waals surface area contributed by atoms with Crippen LogP contribution in [0.5, 0.6) is 0 Å². The molecule has 0 saturated heterocycles. The normalized spacial score (nSPS) is 13.1. The van der Waals surface area contributed by atoms with Gasteiger partial charge in [-0.05, 0) is 28.8 Å². The van der Waals surface area contributed by atoms with E-state index in [9.17, 15) is 5.11 Å². The number of hydrogen-bond donors (Lipinski definition) is 1. The lowest BCUT2D eigenvalue weighted by Gasteiger charge is -2.04. The predicted octanol–water partition coefficient (Wildman–Crippen LogP) is 3.79. The topological polar surface area (TPSA) is 20.2 Å². The molecule has 17 heavy (non-hydrogen) atoms. The van der Waals surface area contributed by atoms with E-state index < -0.39 is 6.10 Å². The molecular weight excluding hydrogens is 208 g/mol. The van der Waals surface area contributed by atoms with Crippen molar-refractivity contribution in [2.45, 2.75) is 13.0 Å².